The van der Waals surface area contributed by atoms with Crippen LogP contribution in [-0.2, 0) is 9.47 Å². The Labute approximate surface area is 76.0 Å². The largest absolute Gasteiger partial charge is 0.472 e. The Morgan fingerprint density at radius 2 is 2.38 bits per heavy atom. The number of rotatable bonds is 1. The highest BCUT2D eigenvalue weighted by molar-refractivity contribution is 5.19. The van der Waals surface area contributed by atoms with Crippen molar-refractivity contribution < 1.29 is 9.47 Å². The Morgan fingerprint density at radius 3 is 3.15 bits per heavy atom. The third kappa shape index (κ3) is 0.971. The Morgan fingerprint density at radius 1 is 1.38 bits per heavy atom. The van der Waals surface area contributed by atoms with Crippen molar-refractivity contribution in [3.63, 3.8) is 0 Å². The molecule has 3 rings (SSSR count). The summed E-state index contributed by atoms with van der Waals surface area (Å²) in [7, 11) is 0. The van der Waals surface area contributed by atoms with Crippen LogP contribution < -0.4 is 0 Å². The van der Waals surface area contributed by atoms with Gasteiger partial charge in [-0.05, 0) is 12.1 Å². The average molecular weight is 175 g/mol. The van der Waals surface area contributed by atoms with Gasteiger partial charge in [-0.15, -0.1) is 0 Å². The second-order valence-electron chi connectivity index (χ2n) is 3.25. The predicted octanol–water partition coefficient (Wildman–Crippen LogP) is 1.64. The summed E-state index contributed by atoms with van der Waals surface area (Å²) in [6.07, 6.45) is 7.45. The molecule has 1 fully saturated rings. The van der Waals surface area contributed by atoms with E-state index in [0.29, 0.717) is 5.92 Å². The summed E-state index contributed by atoms with van der Waals surface area (Å²) in [5.74, 6) is 0.379. The Bertz CT molecular complexity index is 336. The van der Waals surface area contributed by atoms with Gasteiger partial charge in [0.2, 0.25) is 6.29 Å². The van der Waals surface area contributed by atoms with Crippen LogP contribution >= 0.6 is 0 Å². The summed E-state index contributed by atoms with van der Waals surface area (Å²) in [4.78, 5) is 4.06. The monoisotopic (exact) mass is 175 g/mol. The molecule has 0 amide bonds. The summed E-state index contributed by atoms with van der Waals surface area (Å²) >= 11 is 0. The first kappa shape index (κ1) is 7.09. The second kappa shape index (κ2) is 2.57. The summed E-state index contributed by atoms with van der Waals surface area (Å²) in [5.41, 5.74) is 1.12. The Hall–Kier alpha value is -1.35. The molecule has 0 aromatic carbocycles. The van der Waals surface area contributed by atoms with Crippen molar-refractivity contribution in [1.82, 2.24) is 4.98 Å². The number of hydrogen-bond acceptors (Lipinski definition) is 3. The smallest absolute Gasteiger partial charge is 0.208 e. The van der Waals surface area contributed by atoms with E-state index in [1.165, 1.54) is 0 Å². The van der Waals surface area contributed by atoms with Crippen LogP contribution in [0.25, 0.3) is 0 Å². The minimum Gasteiger partial charge on any atom is -0.472 e. The van der Waals surface area contributed by atoms with E-state index in [4.69, 9.17) is 9.47 Å². The van der Waals surface area contributed by atoms with Crippen molar-refractivity contribution >= 4 is 0 Å². The minimum atomic E-state index is -0.0507. The SMILES string of the molecule is C1=CC2C(O1)OC2c1cccnc1. The van der Waals surface area contributed by atoms with Gasteiger partial charge in [-0.25, -0.2) is 0 Å². The lowest BCUT2D eigenvalue weighted by Crippen LogP contribution is -2.39. The lowest BCUT2D eigenvalue weighted by molar-refractivity contribution is -0.258. The van der Waals surface area contributed by atoms with Crippen LogP contribution in [0.3, 0.4) is 0 Å². The molecule has 66 valence electrons. The van der Waals surface area contributed by atoms with Crippen molar-refractivity contribution in [3.05, 3.63) is 42.4 Å². The number of aromatic nitrogens is 1. The molecule has 2 aliphatic rings. The molecule has 0 aliphatic carbocycles. The summed E-state index contributed by atoms with van der Waals surface area (Å²) in [6.45, 7) is 0. The van der Waals surface area contributed by atoms with E-state index >= 15 is 0 Å². The standard InChI is InChI=1S/C10H9NO2/c1-2-7(6-11-4-1)9-8-3-5-12-10(8)13-9/h1-6,8-10H. The van der Waals surface area contributed by atoms with E-state index in [9.17, 15) is 0 Å². The van der Waals surface area contributed by atoms with E-state index in [1.54, 1.807) is 12.5 Å². The van der Waals surface area contributed by atoms with Crippen LogP contribution in [0.5, 0.6) is 0 Å². The molecule has 0 saturated carbocycles. The molecule has 1 aromatic rings. The summed E-state index contributed by atoms with van der Waals surface area (Å²) in [6, 6.07) is 3.95. The van der Waals surface area contributed by atoms with Gasteiger partial charge in [0.1, 0.15) is 6.10 Å². The van der Waals surface area contributed by atoms with Crippen LogP contribution in [0.1, 0.15) is 11.7 Å². The lowest BCUT2D eigenvalue weighted by atomic mass is 9.92. The maximum absolute atomic E-state index is 5.52. The molecular formula is C10H9NO2. The zero-order valence-electron chi connectivity index (χ0n) is 6.96. The molecule has 0 radical (unpaired) electrons. The molecule has 13 heavy (non-hydrogen) atoms. The molecule has 3 heterocycles. The molecule has 3 atom stereocenters. The first-order valence-electron chi connectivity index (χ1n) is 4.33. The summed E-state index contributed by atoms with van der Waals surface area (Å²) in [5, 5.41) is 0. The topological polar surface area (TPSA) is 31.4 Å². The third-order valence-electron chi connectivity index (χ3n) is 2.47. The molecule has 2 aliphatic heterocycles. The quantitative estimate of drug-likeness (QED) is 0.650. The van der Waals surface area contributed by atoms with Gasteiger partial charge in [-0.3, -0.25) is 4.98 Å². The molecule has 0 N–H and O–H groups in total. The van der Waals surface area contributed by atoms with Gasteiger partial charge in [-0.2, -0.15) is 0 Å². The fourth-order valence-electron chi connectivity index (χ4n) is 1.75. The van der Waals surface area contributed by atoms with Crippen LogP contribution in [0.4, 0.5) is 0 Å². The van der Waals surface area contributed by atoms with Crippen LogP contribution in [0.15, 0.2) is 36.9 Å². The van der Waals surface area contributed by atoms with E-state index in [0.717, 1.165) is 5.56 Å². The fraction of sp³-hybridized carbons (Fsp3) is 0.300. The van der Waals surface area contributed by atoms with Gasteiger partial charge in [0.25, 0.3) is 0 Å². The zero-order chi connectivity index (χ0) is 8.67. The molecule has 3 heteroatoms. The van der Waals surface area contributed by atoms with Gasteiger partial charge >= 0.3 is 0 Å². The maximum atomic E-state index is 5.52. The van der Waals surface area contributed by atoms with E-state index < -0.39 is 0 Å². The summed E-state index contributed by atoms with van der Waals surface area (Å²) < 4.78 is 10.7. The number of nitrogens with zero attached hydrogens (tertiary/aromatic N) is 1. The first-order valence-corrected chi connectivity index (χ1v) is 4.33. The zero-order valence-corrected chi connectivity index (χ0v) is 6.96. The van der Waals surface area contributed by atoms with Crippen molar-refractivity contribution in [2.75, 3.05) is 0 Å². The van der Waals surface area contributed by atoms with E-state index in [2.05, 4.69) is 4.98 Å². The predicted molar refractivity (Wildman–Crippen MR) is 45.6 cm³/mol. The van der Waals surface area contributed by atoms with Gasteiger partial charge in [0, 0.05) is 18.0 Å². The molecular weight excluding hydrogens is 166 g/mol. The van der Waals surface area contributed by atoms with Gasteiger partial charge in [-0.1, -0.05) is 6.07 Å². The number of ether oxygens (including phenoxy) is 2. The first-order chi connectivity index (χ1) is 6.45. The van der Waals surface area contributed by atoms with E-state index in [1.807, 2.05) is 24.4 Å². The Kier molecular flexibility index (Phi) is 1.40. The molecule has 0 spiro atoms. The maximum Gasteiger partial charge on any atom is 0.208 e. The molecule has 1 saturated heterocycles. The van der Waals surface area contributed by atoms with Crippen molar-refractivity contribution in [2.45, 2.75) is 12.4 Å². The van der Waals surface area contributed by atoms with Crippen LogP contribution in [0.2, 0.25) is 0 Å². The van der Waals surface area contributed by atoms with Crippen molar-refractivity contribution in [3.8, 4) is 0 Å². The molecule has 3 unspecified atom stereocenters. The minimum absolute atomic E-state index is 0.0507. The molecule has 0 bridgehead atoms. The highest BCUT2D eigenvalue weighted by Gasteiger charge is 2.45. The normalized spacial score (nSPS) is 34.9. The number of fused-ring (bicyclic) bond motifs is 1. The molecule has 1 aromatic heterocycles. The van der Waals surface area contributed by atoms with Gasteiger partial charge in [0.15, 0.2) is 0 Å². The average Bonchev–Trinajstić information content (AvgIpc) is 2.50. The van der Waals surface area contributed by atoms with Gasteiger partial charge in [0.05, 0.1) is 12.2 Å². The molecule has 3 nitrogen and oxygen atoms in total. The Balaban J connectivity index is 1.85. The van der Waals surface area contributed by atoms with Crippen molar-refractivity contribution in [1.29, 1.82) is 0 Å². The van der Waals surface area contributed by atoms with Crippen LogP contribution in [-0.4, -0.2) is 11.3 Å². The second-order valence-corrected chi connectivity index (χ2v) is 3.25. The third-order valence-corrected chi connectivity index (χ3v) is 2.47. The fourth-order valence-corrected chi connectivity index (χ4v) is 1.75. The highest BCUT2D eigenvalue weighted by Crippen LogP contribution is 2.44. The van der Waals surface area contributed by atoms with E-state index in [-0.39, 0.29) is 12.4 Å². The number of hydrogen-bond donors (Lipinski definition) is 0. The van der Waals surface area contributed by atoms with Gasteiger partial charge < -0.3 is 9.47 Å². The number of pyridine rings is 1. The van der Waals surface area contributed by atoms with Crippen molar-refractivity contribution in [2.24, 2.45) is 5.92 Å². The van der Waals surface area contributed by atoms with Crippen LogP contribution in [0, 0.1) is 5.92 Å². The lowest BCUT2D eigenvalue weighted by Gasteiger charge is -2.38. The highest BCUT2D eigenvalue weighted by atomic mass is 16.7.